The van der Waals surface area contributed by atoms with Crippen LogP contribution in [0.15, 0.2) is 0 Å². The molecule has 1 saturated heterocycles. The van der Waals surface area contributed by atoms with Gasteiger partial charge in [0.25, 0.3) is 0 Å². The zero-order valence-corrected chi connectivity index (χ0v) is 5.41. The van der Waals surface area contributed by atoms with Crippen molar-refractivity contribution in [2.45, 2.75) is 19.4 Å². The van der Waals surface area contributed by atoms with E-state index in [9.17, 15) is 0 Å². The van der Waals surface area contributed by atoms with E-state index in [2.05, 4.69) is 17.6 Å². The summed E-state index contributed by atoms with van der Waals surface area (Å²) in [4.78, 5) is 0. The third-order valence-corrected chi connectivity index (χ3v) is 1.55. The average molecular weight is 114 g/mol. The van der Waals surface area contributed by atoms with Gasteiger partial charge in [-0.05, 0) is 19.5 Å². The van der Waals surface area contributed by atoms with Crippen LogP contribution in [-0.2, 0) is 0 Å². The summed E-state index contributed by atoms with van der Waals surface area (Å²) in [6, 6.07) is 0.750. The Morgan fingerprint density at radius 1 is 1.75 bits per heavy atom. The van der Waals surface area contributed by atoms with Gasteiger partial charge in [-0.1, -0.05) is 6.92 Å². The first-order chi connectivity index (χ1) is 3.93. The van der Waals surface area contributed by atoms with Gasteiger partial charge in [0.15, 0.2) is 0 Å². The van der Waals surface area contributed by atoms with Crippen LogP contribution < -0.4 is 10.6 Å². The third kappa shape index (κ3) is 1.46. The number of rotatable bonds is 2. The van der Waals surface area contributed by atoms with Crippen LogP contribution in [0, 0.1) is 0 Å². The monoisotopic (exact) mass is 114 g/mol. The summed E-state index contributed by atoms with van der Waals surface area (Å²) < 4.78 is 0. The first kappa shape index (κ1) is 6.05. The zero-order chi connectivity index (χ0) is 5.82. The molecule has 0 spiro atoms. The van der Waals surface area contributed by atoms with Crippen LogP contribution >= 0.6 is 0 Å². The maximum atomic E-state index is 3.38. The molecule has 8 heavy (non-hydrogen) atoms. The normalized spacial score (nSPS) is 28.9. The van der Waals surface area contributed by atoms with E-state index in [0.29, 0.717) is 0 Å². The fourth-order valence-corrected chi connectivity index (χ4v) is 1.12. The molecule has 0 amide bonds. The van der Waals surface area contributed by atoms with E-state index in [1.807, 2.05) is 0 Å². The molecule has 2 heteroatoms. The molecule has 0 bridgehead atoms. The van der Waals surface area contributed by atoms with E-state index in [-0.39, 0.29) is 0 Å². The number of nitrogens with one attached hydrogen (secondary N) is 2. The first-order valence-corrected chi connectivity index (χ1v) is 3.37. The van der Waals surface area contributed by atoms with Gasteiger partial charge in [0.1, 0.15) is 0 Å². The number of hydrogen-bond donors (Lipinski definition) is 2. The molecule has 1 aliphatic heterocycles. The Bertz CT molecular complexity index is 57.5. The summed E-state index contributed by atoms with van der Waals surface area (Å²) in [5, 5.41) is 6.68. The smallest absolute Gasteiger partial charge is 0.0204 e. The maximum absolute atomic E-state index is 3.38. The lowest BCUT2D eigenvalue weighted by Crippen LogP contribution is -2.30. The largest absolute Gasteiger partial charge is 0.315 e. The molecule has 1 heterocycles. The van der Waals surface area contributed by atoms with Crippen LogP contribution in [0.1, 0.15) is 13.3 Å². The van der Waals surface area contributed by atoms with Crippen LogP contribution in [0.4, 0.5) is 0 Å². The Labute approximate surface area is 50.7 Å². The SMILES string of the molecule is CCNC1CCNC1. The van der Waals surface area contributed by atoms with Crippen molar-refractivity contribution in [3.05, 3.63) is 0 Å². The summed E-state index contributed by atoms with van der Waals surface area (Å²) in [6.45, 7) is 5.61. The molecule has 0 saturated carbocycles. The molecule has 1 fully saturated rings. The van der Waals surface area contributed by atoms with Gasteiger partial charge >= 0.3 is 0 Å². The predicted molar refractivity (Wildman–Crippen MR) is 35.0 cm³/mol. The van der Waals surface area contributed by atoms with Crippen molar-refractivity contribution in [1.29, 1.82) is 0 Å². The second-order valence-corrected chi connectivity index (χ2v) is 2.25. The average Bonchev–Trinajstić information content (AvgIpc) is 2.19. The highest BCUT2D eigenvalue weighted by Gasteiger charge is 2.10. The van der Waals surface area contributed by atoms with E-state index in [0.717, 1.165) is 19.1 Å². The molecule has 48 valence electrons. The molecular weight excluding hydrogens is 100 g/mol. The predicted octanol–water partition coefficient (Wildman–Crippen LogP) is -0.0422. The van der Waals surface area contributed by atoms with Crippen LogP contribution in [0.25, 0.3) is 0 Å². The van der Waals surface area contributed by atoms with Gasteiger partial charge in [-0.2, -0.15) is 0 Å². The molecule has 0 aliphatic carbocycles. The molecule has 1 atom stereocenters. The summed E-state index contributed by atoms with van der Waals surface area (Å²) in [5.41, 5.74) is 0. The van der Waals surface area contributed by atoms with Gasteiger partial charge in [0.2, 0.25) is 0 Å². The highest BCUT2D eigenvalue weighted by atomic mass is 15.0. The minimum absolute atomic E-state index is 0.750. The van der Waals surface area contributed by atoms with E-state index in [1.54, 1.807) is 0 Å². The molecule has 0 aromatic carbocycles. The van der Waals surface area contributed by atoms with E-state index >= 15 is 0 Å². The summed E-state index contributed by atoms with van der Waals surface area (Å²) in [6.07, 6.45) is 1.30. The van der Waals surface area contributed by atoms with Gasteiger partial charge in [0, 0.05) is 12.6 Å². The molecule has 1 rings (SSSR count). The summed E-state index contributed by atoms with van der Waals surface area (Å²) >= 11 is 0. The van der Waals surface area contributed by atoms with Gasteiger partial charge < -0.3 is 10.6 Å². The number of likely N-dealkylation sites (N-methyl/N-ethyl adjacent to an activating group) is 1. The first-order valence-electron chi connectivity index (χ1n) is 3.37. The van der Waals surface area contributed by atoms with Crippen LogP contribution in [0.5, 0.6) is 0 Å². The van der Waals surface area contributed by atoms with Gasteiger partial charge in [0.05, 0.1) is 0 Å². The Kier molecular flexibility index (Phi) is 2.30. The maximum Gasteiger partial charge on any atom is 0.0204 e. The Balaban J connectivity index is 2.06. The molecule has 2 nitrogen and oxygen atoms in total. The molecule has 1 aliphatic rings. The van der Waals surface area contributed by atoms with Crippen LogP contribution in [0.2, 0.25) is 0 Å². The van der Waals surface area contributed by atoms with Crippen LogP contribution in [0.3, 0.4) is 0 Å². The molecular formula is C6H14N2. The lowest BCUT2D eigenvalue weighted by molar-refractivity contribution is 0.567. The van der Waals surface area contributed by atoms with Gasteiger partial charge in [-0.3, -0.25) is 0 Å². The standard InChI is InChI=1S/C6H14N2/c1-2-8-6-3-4-7-5-6/h6-8H,2-5H2,1H3. The van der Waals surface area contributed by atoms with Crippen LogP contribution in [-0.4, -0.2) is 25.7 Å². The fraction of sp³-hybridized carbons (Fsp3) is 1.00. The Morgan fingerprint density at radius 3 is 3.12 bits per heavy atom. The Hall–Kier alpha value is -0.0800. The highest BCUT2D eigenvalue weighted by Crippen LogP contribution is 1.94. The molecule has 0 aromatic heterocycles. The van der Waals surface area contributed by atoms with E-state index in [4.69, 9.17) is 0 Å². The lowest BCUT2D eigenvalue weighted by atomic mass is 10.3. The van der Waals surface area contributed by atoms with Crippen molar-refractivity contribution in [3.8, 4) is 0 Å². The van der Waals surface area contributed by atoms with Crippen molar-refractivity contribution in [3.63, 3.8) is 0 Å². The van der Waals surface area contributed by atoms with Crippen molar-refractivity contribution < 1.29 is 0 Å². The summed E-state index contributed by atoms with van der Waals surface area (Å²) in [7, 11) is 0. The fourth-order valence-electron chi connectivity index (χ4n) is 1.12. The second-order valence-electron chi connectivity index (χ2n) is 2.25. The van der Waals surface area contributed by atoms with Crippen molar-refractivity contribution in [2.75, 3.05) is 19.6 Å². The molecule has 1 unspecified atom stereocenters. The van der Waals surface area contributed by atoms with E-state index in [1.165, 1.54) is 13.0 Å². The molecule has 2 N–H and O–H groups in total. The number of hydrogen-bond acceptors (Lipinski definition) is 2. The van der Waals surface area contributed by atoms with E-state index < -0.39 is 0 Å². The molecule has 0 radical (unpaired) electrons. The minimum Gasteiger partial charge on any atom is -0.315 e. The van der Waals surface area contributed by atoms with Crippen molar-refractivity contribution >= 4 is 0 Å². The van der Waals surface area contributed by atoms with Crippen molar-refractivity contribution in [2.24, 2.45) is 0 Å². The second kappa shape index (κ2) is 3.05. The Morgan fingerprint density at radius 2 is 2.62 bits per heavy atom. The third-order valence-electron chi connectivity index (χ3n) is 1.55. The minimum atomic E-state index is 0.750. The van der Waals surface area contributed by atoms with Gasteiger partial charge in [-0.15, -0.1) is 0 Å². The topological polar surface area (TPSA) is 24.1 Å². The lowest BCUT2D eigenvalue weighted by Gasteiger charge is -2.06. The highest BCUT2D eigenvalue weighted by molar-refractivity contribution is 4.76. The zero-order valence-electron chi connectivity index (χ0n) is 5.41. The van der Waals surface area contributed by atoms with Gasteiger partial charge in [-0.25, -0.2) is 0 Å². The summed E-state index contributed by atoms with van der Waals surface area (Å²) in [5.74, 6) is 0. The quantitative estimate of drug-likeness (QED) is 0.526. The van der Waals surface area contributed by atoms with Crippen molar-refractivity contribution in [1.82, 2.24) is 10.6 Å². The molecule has 0 aromatic rings.